The zero-order valence-electron chi connectivity index (χ0n) is 14.0. The van der Waals surface area contributed by atoms with Crippen molar-refractivity contribution in [3.8, 4) is 16.9 Å². The molecule has 1 N–H and O–H groups in total. The molecule has 1 amide bonds. The van der Waals surface area contributed by atoms with Crippen molar-refractivity contribution < 1.29 is 22.7 Å². The van der Waals surface area contributed by atoms with Gasteiger partial charge in [-0.05, 0) is 39.0 Å². The normalized spacial score (nSPS) is 12.2. The third kappa shape index (κ3) is 4.07. The molecule has 0 aliphatic heterocycles. The minimum Gasteiger partial charge on any atom is -0.496 e. The Bertz CT molecular complexity index is 795. The Labute approximate surface area is 147 Å². The lowest BCUT2D eigenvalue weighted by molar-refractivity contribution is -0.167. The molecular weight excluding hydrogens is 359 g/mol. The number of ether oxygens (including phenoxy) is 1. The van der Waals surface area contributed by atoms with E-state index in [1.165, 1.54) is 24.1 Å². The van der Waals surface area contributed by atoms with E-state index < -0.39 is 17.6 Å². The van der Waals surface area contributed by atoms with E-state index in [1.54, 1.807) is 32.9 Å². The van der Waals surface area contributed by atoms with Crippen molar-refractivity contribution in [3.63, 3.8) is 0 Å². The smallest absolute Gasteiger partial charge is 0.471 e. The number of carbonyl (C=O) groups excluding carboxylic acids is 1. The number of amides is 1. The highest BCUT2D eigenvalue weighted by atomic mass is 35.5. The SMILES string of the molecule is COc1ccc(Cl)cc1-c1cnn(C(C)(C)C)c1NC(=O)C(F)(F)F. The number of carbonyl (C=O) groups is 1. The molecule has 0 aliphatic carbocycles. The lowest BCUT2D eigenvalue weighted by Gasteiger charge is -2.23. The number of hydrogen-bond acceptors (Lipinski definition) is 3. The number of methoxy groups -OCH3 is 1. The Balaban J connectivity index is 2.66. The van der Waals surface area contributed by atoms with Gasteiger partial charge in [0.05, 0.1) is 18.8 Å². The Kier molecular flexibility index (Phi) is 5.04. The summed E-state index contributed by atoms with van der Waals surface area (Å²) in [6, 6.07) is 4.71. The van der Waals surface area contributed by atoms with Gasteiger partial charge in [0.15, 0.2) is 0 Å². The minimum atomic E-state index is -5.03. The fourth-order valence-corrected chi connectivity index (χ4v) is 2.42. The molecule has 136 valence electrons. The first-order chi connectivity index (χ1) is 11.4. The van der Waals surface area contributed by atoms with Crippen LogP contribution in [-0.4, -0.2) is 29.0 Å². The molecule has 5 nitrogen and oxygen atoms in total. The zero-order chi connectivity index (χ0) is 19.0. The maximum absolute atomic E-state index is 12.7. The van der Waals surface area contributed by atoms with Crippen LogP contribution in [0, 0.1) is 0 Å². The highest BCUT2D eigenvalue weighted by molar-refractivity contribution is 6.31. The van der Waals surface area contributed by atoms with Gasteiger partial charge in [0.25, 0.3) is 0 Å². The molecule has 1 aromatic heterocycles. The molecule has 0 bridgehead atoms. The Morgan fingerprint density at radius 2 is 1.88 bits per heavy atom. The molecule has 1 aromatic carbocycles. The molecule has 0 fully saturated rings. The number of nitrogens with one attached hydrogen (secondary N) is 1. The van der Waals surface area contributed by atoms with Gasteiger partial charge in [-0.1, -0.05) is 11.6 Å². The van der Waals surface area contributed by atoms with E-state index >= 15 is 0 Å². The van der Waals surface area contributed by atoms with Gasteiger partial charge in [-0.15, -0.1) is 0 Å². The summed E-state index contributed by atoms with van der Waals surface area (Å²) in [7, 11) is 1.43. The van der Waals surface area contributed by atoms with Crippen LogP contribution in [-0.2, 0) is 10.3 Å². The molecule has 0 spiro atoms. The molecule has 25 heavy (non-hydrogen) atoms. The van der Waals surface area contributed by atoms with Crippen LogP contribution >= 0.6 is 11.6 Å². The molecule has 0 unspecified atom stereocenters. The van der Waals surface area contributed by atoms with Crippen LogP contribution < -0.4 is 10.1 Å². The summed E-state index contributed by atoms with van der Waals surface area (Å²) in [6.07, 6.45) is -3.66. The summed E-state index contributed by atoms with van der Waals surface area (Å²) in [5.74, 6) is -1.78. The fourth-order valence-electron chi connectivity index (χ4n) is 2.24. The number of benzene rings is 1. The number of rotatable bonds is 3. The van der Waals surface area contributed by atoms with E-state index in [0.29, 0.717) is 16.3 Å². The second-order valence-electron chi connectivity index (χ2n) is 6.29. The van der Waals surface area contributed by atoms with E-state index in [2.05, 4.69) is 5.10 Å². The van der Waals surface area contributed by atoms with Gasteiger partial charge >= 0.3 is 12.1 Å². The Hall–Kier alpha value is -2.22. The maximum Gasteiger partial charge on any atom is 0.471 e. The van der Waals surface area contributed by atoms with Crippen molar-refractivity contribution in [3.05, 3.63) is 29.4 Å². The van der Waals surface area contributed by atoms with Gasteiger partial charge in [-0.3, -0.25) is 4.79 Å². The third-order valence-corrected chi connectivity index (χ3v) is 3.58. The van der Waals surface area contributed by atoms with Crippen LogP contribution in [0.3, 0.4) is 0 Å². The van der Waals surface area contributed by atoms with Crippen molar-refractivity contribution in [2.24, 2.45) is 0 Å². The van der Waals surface area contributed by atoms with Gasteiger partial charge in [0.1, 0.15) is 11.6 Å². The second kappa shape index (κ2) is 6.59. The van der Waals surface area contributed by atoms with Crippen LogP contribution in [0.5, 0.6) is 5.75 Å². The largest absolute Gasteiger partial charge is 0.496 e. The number of halogens is 4. The fraction of sp³-hybridized carbons (Fsp3) is 0.375. The van der Waals surface area contributed by atoms with Gasteiger partial charge in [-0.2, -0.15) is 18.3 Å². The molecule has 0 saturated heterocycles. The molecular formula is C16H17ClF3N3O2. The summed E-state index contributed by atoms with van der Waals surface area (Å²) >= 11 is 6.00. The van der Waals surface area contributed by atoms with Crippen molar-refractivity contribution >= 4 is 23.3 Å². The third-order valence-electron chi connectivity index (χ3n) is 3.35. The predicted octanol–water partition coefficient (Wildman–Crippen LogP) is 4.47. The van der Waals surface area contributed by atoms with E-state index in [1.807, 2.05) is 5.32 Å². The minimum absolute atomic E-state index is 0.0876. The summed E-state index contributed by atoms with van der Waals surface area (Å²) < 4.78 is 44.7. The molecule has 1 heterocycles. The monoisotopic (exact) mass is 375 g/mol. The first-order valence-corrected chi connectivity index (χ1v) is 7.63. The predicted molar refractivity (Wildman–Crippen MR) is 88.9 cm³/mol. The topological polar surface area (TPSA) is 56.1 Å². The van der Waals surface area contributed by atoms with E-state index in [4.69, 9.17) is 16.3 Å². The van der Waals surface area contributed by atoms with Crippen LogP contribution in [0.4, 0.5) is 19.0 Å². The molecule has 0 radical (unpaired) electrons. The molecule has 0 aliphatic rings. The lowest BCUT2D eigenvalue weighted by Crippen LogP contribution is -2.33. The van der Waals surface area contributed by atoms with Crippen molar-refractivity contribution in [2.45, 2.75) is 32.5 Å². The highest BCUT2D eigenvalue weighted by Gasteiger charge is 2.40. The molecule has 2 aromatic rings. The first kappa shape index (κ1) is 19.1. The second-order valence-corrected chi connectivity index (χ2v) is 6.72. The molecule has 0 saturated carbocycles. The first-order valence-electron chi connectivity index (χ1n) is 7.25. The van der Waals surface area contributed by atoms with Crippen LogP contribution in [0.2, 0.25) is 5.02 Å². The Morgan fingerprint density at radius 3 is 2.40 bits per heavy atom. The number of nitrogens with zero attached hydrogens (tertiary/aromatic N) is 2. The maximum atomic E-state index is 12.7. The van der Waals surface area contributed by atoms with Crippen molar-refractivity contribution in [1.29, 1.82) is 0 Å². The molecule has 2 rings (SSSR count). The molecule has 9 heteroatoms. The van der Waals surface area contributed by atoms with Crippen LogP contribution in [0.1, 0.15) is 20.8 Å². The Morgan fingerprint density at radius 1 is 1.24 bits per heavy atom. The summed E-state index contributed by atoms with van der Waals surface area (Å²) in [6.45, 7) is 5.26. The quantitative estimate of drug-likeness (QED) is 0.861. The van der Waals surface area contributed by atoms with Gasteiger partial charge in [0.2, 0.25) is 0 Å². The summed E-state index contributed by atoms with van der Waals surface area (Å²) in [5, 5.41) is 6.42. The van der Waals surface area contributed by atoms with Crippen LogP contribution in [0.15, 0.2) is 24.4 Å². The average Bonchev–Trinajstić information content (AvgIpc) is 2.89. The standard InChI is InChI=1S/C16H17ClF3N3O2/c1-15(2,3)23-13(22-14(24)16(18,19)20)11(8-21-23)10-7-9(17)5-6-12(10)25-4/h5-8H,1-4H3,(H,22,24). The summed E-state index contributed by atoms with van der Waals surface area (Å²) in [5.41, 5.74) is 0.0213. The van der Waals surface area contributed by atoms with Gasteiger partial charge in [-0.25, -0.2) is 4.68 Å². The van der Waals surface area contributed by atoms with E-state index in [-0.39, 0.29) is 11.4 Å². The number of aromatic nitrogens is 2. The highest BCUT2D eigenvalue weighted by Crippen LogP contribution is 2.39. The number of alkyl halides is 3. The van der Waals surface area contributed by atoms with Crippen LogP contribution in [0.25, 0.3) is 11.1 Å². The molecule has 0 atom stereocenters. The van der Waals surface area contributed by atoms with Gasteiger partial charge in [0, 0.05) is 16.1 Å². The summed E-state index contributed by atoms with van der Waals surface area (Å²) in [4.78, 5) is 11.5. The zero-order valence-corrected chi connectivity index (χ0v) is 14.8. The van der Waals surface area contributed by atoms with Gasteiger partial charge < -0.3 is 10.1 Å². The number of anilines is 1. The van der Waals surface area contributed by atoms with Crippen molar-refractivity contribution in [1.82, 2.24) is 9.78 Å². The number of hydrogen-bond donors (Lipinski definition) is 1. The lowest BCUT2D eigenvalue weighted by atomic mass is 10.1. The average molecular weight is 376 g/mol. The van der Waals surface area contributed by atoms with E-state index in [0.717, 1.165) is 0 Å². The van der Waals surface area contributed by atoms with Crippen molar-refractivity contribution in [2.75, 3.05) is 12.4 Å². The van der Waals surface area contributed by atoms with E-state index in [9.17, 15) is 18.0 Å².